The van der Waals surface area contributed by atoms with Crippen molar-refractivity contribution < 1.29 is 13.2 Å². The first-order valence-electron chi connectivity index (χ1n) is 7.25. The first-order valence-corrected chi connectivity index (χ1v) is 9.07. The van der Waals surface area contributed by atoms with Crippen LogP contribution in [0.2, 0.25) is 0 Å². The van der Waals surface area contributed by atoms with Gasteiger partial charge in [0, 0.05) is 24.7 Å². The van der Waals surface area contributed by atoms with E-state index in [0.717, 1.165) is 16.5 Å². The van der Waals surface area contributed by atoms with Crippen LogP contribution in [0.5, 0.6) is 0 Å². The summed E-state index contributed by atoms with van der Waals surface area (Å²) in [5.41, 5.74) is 1.70. The van der Waals surface area contributed by atoms with Crippen molar-refractivity contribution in [3.8, 4) is 0 Å². The van der Waals surface area contributed by atoms with Crippen molar-refractivity contribution in [2.75, 3.05) is 18.6 Å². The van der Waals surface area contributed by atoms with Gasteiger partial charge >= 0.3 is 0 Å². The topological polar surface area (TPSA) is 67.3 Å². The van der Waals surface area contributed by atoms with Gasteiger partial charge < -0.3 is 4.90 Å². The van der Waals surface area contributed by atoms with Gasteiger partial charge in [-0.1, -0.05) is 24.3 Å². The minimum Gasteiger partial charge on any atom is -0.341 e. The molecule has 0 radical (unpaired) electrons. The Morgan fingerprint density at radius 1 is 1.32 bits per heavy atom. The summed E-state index contributed by atoms with van der Waals surface area (Å²) in [5, 5.41) is 0.999. The van der Waals surface area contributed by atoms with Gasteiger partial charge in [-0.15, -0.1) is 0 Å². The van der Waals surface area contributed by atoms with Gasteiger partial charge in [0.1, 0.15) is 0 Å². The van der Waals surface area contributed by atoms with Crippen LogP contribution in [-0.2, 0) is 21.1 Å². The Balaban J connectivity index is 1.79. The molecule has 1 amide bonds. The van der Waals surface area contributed by atoms with E-state index in [4.69, 9.17) is 0 Å². The molecule has 1 aliphatic heterocycles. The van der Waals surface area contributed by atoms with Gasteiger partial charge in [-0.3, -0.25) is 9.78 Å². The Bertz CT molecular complexity index is 812. The second-order valence-corrected chi connectivity index (χ2v) is 7.96. The average molecular weight is 318 g/mol. The number of likely N-dealkylation sites (N-methyl/N-ethyl adjacent to an activating group) is 1. The predicted molar refractivity (Wildman–Crippen MR) is 85.3 cm³/mol. The van der Waals surface area contributed by atoms with Crippen LogP contribution >= 0.6 is 0 Å². The van der Waals surface area contributed by atoms with Gasteiger partial charge in [0.2, 0.25) is 5.91 Å². The number of pyridine rings is 1. The third-order valence-corrected chi connectivity index (χ3v) is 5.96. The molecule has 5 nitrogen and oxygen atoms in total. The number of nitrogens with zero attached hydrogens (tertiary/aromatic N) is 2. The number of hydrogen-bond acceptors (Lipinski definition) is 4. The number of fused-ring (bicyclic) bond motifs is 1. The number of hydrogen-bond donors (Lipinski definition) is 0. The molecule has 6 heteroatoms. The van der Waals surface area contributed by atoms with Crippen molar-refractivity contribution in [2.45, 2.75) is 18.9 Å². The van der Waals surface area contributed by atoms with Crippen LogP contribution in [0.4, 0.5) is 0 Å². The number of para-hydroxylation sites is 1. The van der Waals surface area contributed by atoms with Crippen LogP contribution in [0.15, 0.2) is 36.5 Å². The quantitative estimate of drug-likeness (QED) is 0.858. The molecule has 0 unspecified atom stereocenters. The molecule has 116 valence electrons. The molecule has 0 saturated carbocycles. The molecule has 0 N–H and O–H groups in total. The van der Waals surface area contributed by atoms with Crippen molar-refractivity contribution >= 4 is 26.6 Å². The molecule has 1 atom stereocenters. The number of benzene rings is 1. The molecular formula is C16H18N2O3S. The summed E-state index contributed by atoms with van der Waals surface area (Å²) in [6.45, 7) is 0. The third kappa shape index (κ3) is 2.97. The minimum atomic E-state index is -2.99. The molecule has 1 aliphatic rings. The molecule has 1 fully saturated rings. The van der Waals surface area contributed by atoms with E-state index in [0.29, 0.717) is 6.42 Å². The Hall–Kier alpha value is -1.95. The van der Waals surface area contributed by atoms with Crippen molar-refractivity contribution in [3.63, 3.8) is 0 Å². The third-order valence-electron chi connectivity index (χ3n) is 4.21. The summed E-state index contributed by atoms with van der Waals surface area (Å²) in [5.74, 6) is 0.175. The van der Waals surface area contributed by atoms with E-state index < -0.39 is 9.84 Å². The Morgan fingerprint density at radius 3 is 2.82 bits per heavy atom. The highest BCUT2D eigenvalue weighted by atomic mass is 32.2. The van der Waals surface area contributed by atoms with Gasteiger partial charge in [0.05, 0.1) is 23.4 Å². The Morgan fingerprint density at radius 2 is 2.09 bits per heavy atom. The molecule has 1 saturated heterocycles. The number of aromatic nitrogens is 1. The molecule has 0 bridgehead atoms. The van der Waals surface area contributed by atoms with Crippen LogP contribution < -0.4 is 0 Å². The van der Waals surface area contributed by atoms with Crippen molar-refractivity contribution in [3.05, 3.63) is 42.1 Å². The van der Waals surface area contributed by atoms with E-state index in [1.807, 2.05) is 30.3 Å². The van der Waals surface area contributed by atoms with Crippen molar-refractivity contribution in [2.24, 2.45) is 0 Å². The summed E-state index contributed by atoms with van der Waals surface area (Å²) in [4.78, 5) is 18.4. The highest BCUT2D eigenvalue weighted by molar-refractivity contribution is 7.91. The monoisotopic (exact) mass is 318 g/mol. The molecular weight excluding hydrogens is 300 g/mol. The Kier molecular flexibility index (Phi) is 3.87. The van der Waals surface area contributed by atoms with Crippen molar-refractivity contribution in [1.29, 1.82) is 0 Å². The van der Waals surface area contributed by atoms with Crippen LogP contribution in [0.25, 0.3) is 10.9 Å². The first-order chi connectivity index (χ1) is 10.5. The lowest BCUT2D eigenvalue weighted by Crippen LogP contribution is -2.38. The maximum Gasteiger partial charge on any atom is 0.227 e. The number of amides is 1. The van der Waals surface area contributed by atoms with Gasteiger partial charge in [0.25, 0.3) is 0 Å². The second kappa shape index (κ2) is 5.68. The van der Waals surface area contributed by atoms with Gasteiger partial charge in [-0.05, 0) is 18.1 Å². The van der Waals surface area contributed by atoms with Crippen LogP contribution in [0.1, 0.15) is 12.0 Å². The maximum atomic E-state index is 12.5. The molecule has 2 heterocycles. The summed E-state index contributed by atoms with van der Waals surface area (Å²) >= 11 is 0. The summed E-state index contributed by atoms with van der Waals surface area (Å²) < 4.78 is 23.1. The predicted octanol–water partition coefficient (Wildman–Crippen LogP) is 1.42. The maximum absolute atomic E-state index is 12.5. The van der Waals surface area contributed by atoms with Gasteiger partial charge in [0.15, 0.2) is 9.84 Å². The number of sulfone groups is 1. The number of carbonyl (C=O) groups excluding carboxylic acids is 1. The normalized spacial score (nSPS) is 20.1. The van der Waals surface area contributed by atoms with Crippen LogP contribution in [0, 0.1) is 0 Å². The van der Waals surface area contributed by atoms with Gasteiger partial charge in [-0.2, -0.15) is 0 Å². The molecule has 22 heavy (non-hydrogen) atoms. The molecule has 1 aromatic heterocycles. The van der Waals surface area contributed by atoms with Crippen LogP contribution in [0.3, 0.4) is 0 Å². The first kappa shape index (κ1) is 15.0. The fourth-order valence-corrected chi connectivity index (χ4v) is 4.66. The molecule has 0 aliphatic carbocycles. The number of rotatable bonds is 3. The summed E-state index contributed by atoms with van der Waals surface area (Å²) in [6, 6.07) is 9.39. The standard InChI is InChI=1S/C16H18N2O3S/c1-18(14-7-9-22(20,21)11-14)15(19)10-13-5-2-4-12-6-3-8-17-16(12)13/h2-6,8,14H,7,9-11H2,1H3/t14-/m0/s1. The smallest absolute Gasteiger partial charge is 0.227 e. The Labute approximate surface area is 129 Å². The van der Waals surface area contributed by atoms with E-state index in [1.165, 1.54) is 0 Å². The lowest BCUT2D eigenvalue weighted by atomic mass is 10.1. The SMILES string of the molecule is CN(C(=O)Cc1cccc2cccnc12)[C@H]1CCS(=O)(=O)C1. The summed E-state index contributed by atoms with van der Waals surface area (Å²) in [6.07, 6.45) is 2.48. The molecule has 1 aromatic carbocycles. The fraction of sp³-hybridized carbons (Fsp3) is 0.375. The van der Waals surface area contributed by atoms with E-state index in [2.05, 4.69) is 4.98 Å². The largest absolute Gasteiger partial charge is 0.341 e. The zero-order valence-electron chi connectivity index (χ0n) is 12.4. The van der Waals surface area contributed by atoms with Crippen LogP contribution in [-0.4, -0.2) is 48.8 Å². The highest BCUT2D eigenvalue weighted by Gasteiger charge is 2.32. The minimum absolute atomic E-state index is 0.0692. The van der Waals surface area contributed by atoms with Crippen molar-refractivity contribution in [1.82, 2.24) is 9.88 Å². The molecule has 2 aromatic rings. The highest BCUT2D eigenvalue weighted by Crippen LogP contribution is 2.20. The van der Waals surface area contributed by atoms with Gasteiger partial charge in [-0.25, -0.2) is 8.42 Å². The molecule has 3 rings (SSSR count). The lowest BCUT2D eigenvalue weighted by molar-refractivity contribution is -0.130. The van der Waals surface area contributed by atoms with E-state index in [1.54, 1.807) is 18.1 Å². The average Bonchev–Trinajstić information content (AvgIpc) is 2.87. The number of carbonyl (C=O) groups is 1. The lowest BCUT2D eigenvalue weighted by Gasteiger charge is -2.23. The fourth-order valence-electron chi connectivity index (χ4n) is 2.88. The van der Waals surface area contributed by atoms with E-state index >= 15 is 0 Å². The summed E-state index contributed by atoms with van der Waals surface area (Å²) in [7, 11) is -1.30. The van der Waals surface area contributed by atoms with E-state index in [9.17, 15) is 13.2 Å². The second-order valence-electron chi connectivity index (χ2n) is 5.73. The zero-order chi connectivity index (χ0) is 15.7. The zero-order valence-corrected chi connectivity index (χ0v) is 13.2. The van der Waals surface area contributed by atoms with E-state index in [-0.39, 0.29) is 29.9 Å². The molecule has 0 spiro atoms.